The number of para-hydroxylation sites is 1. The molecule has 0 bridgehead atoms. The van der Waals surface area contributed by atoms with E-state index in [0.29, 0.717) is 32.6 Å². The van der Waals surface area contributed by atoms with Crippen molar-refractivity contribution >= 4 is 22.7 Å². The zero-order valence-corrected chi connectivity index (χ0v) is 14.6. The van der Waals surface area contributed by atoms with E-state index in [1.807, 2.05) is 42.2 Å². The molecule has 1 aromatic carbocycles. The second-order valence-corrected chi connectivity index (χ2v) is 6.32. The molecule has 0 atom stereocenters. The van der Waals surface area contributed by atoms with Gasteiger partial charge in [-0.15, -0.1) is 0 Å². The molecule has 2 heterocycles. The van der Waals surface area contributed by atoms with Crippen molar-refractivity contribution in [3.05, 3.63) is 42.1 Å². The predicted molar refractivity (Wildman–Crippen MR) is 97.2 cm³/mol. The number of hydrogen-bond acceptors (Lipinski definition) is 4. The van der Waals surface area contributed by atoms with Crippen LogP contribution in [0.3, 0.4) is 0 Å². The van der Waals surface area contributed by atoms with Gasteiger partial charge in [0.25, 0.3) is 0 Å². The number of likely N-dealkylation sites (N-methyl/N-ethyl adjacent to an activating group) is 1. The van der Waals surface area contributed by atoms with Crippen LogP contribution >= 0.6 is 0 Å². The minimum absolute atomic E-state index is 0.0458. The third-order valence-corrected chi connectivity index (χ3v) is 4.47. The van der Waals surface area contributed by atoms with Gasteiger partial charge >= 0.3 is 0 Å². The number of aromatic nitrogens is 1. The highest BCUT2D eigenvalue weighted by Gasteiger charge is 2.22. The normalized spacial score (nSPS) is 15.3. The molecular weight excluding hydrogens is 316 g/mol. The monoisotopic (exact) mass is 340 g/mol. The largest absolute Gasteiger partial charge is 0.355 e. The molecule has 0 radical (unpaired) electrons. The predicted octanol–water partition coefficient (Wildman–Crippen LogP) is 1.06. The lowest BCUT2D eigenvalue weighted by molar-refractivity contribution is -0.132. The van der Waals surface area contributed by atoms with Crippen molar-refractivity contribution in [3.8, 4) is 0 Å². The zero-order chi connectivity index (χ0) is 17.6. The van der Waals surface area contributed by atoms with Crippen LogP contribution in [0.1, 0.15) is 12.5 Å². The van der Waals surface area contributed by atoms with Gasteiger partial charge in [0.05, 0.1) is 18.5 Å². The number of fused-ring (bicyclic) bond motifs is 1. The molecule has 1 N–H and O–H groups in total. The molecule has 3 rings (SSSR count). The lowest BCUT2D eigenvalue weighted by Gasteiger charge is -2.34. The fourth-order valence-corrected chi connectivity index (χ4v) is 3.11. The van der Waals surface area contributed by atoms with Gasteiger partial charge in [0.1, 0.15) is 0 Å². The van der Waals surface area contributed by atoms with Crippen molar-refractivity contribution in [2.24, 2.45) is 0 Å². The van der Waals surface area contributed by atoms with Crippen LogP contribution in [0.15, 0.2) is 36.5 Å². The maximum Gasteiger partial charge on any atom is 0.234 e. The van der Waals surface area contributed by atoms with Crippen molar-refractivity contribution in [1.82, 2.24) is 20.1 Å². The Hall–Kier alpha value is -2.47. The number of hydrogen-bond donors (Lipinski definition) is 1. The van der Waals surface area contributed by atoms with Crippen molar-refractivity contribution < 1.29 is 9.59 Å². The second kappa shape index (κ2) is 8.07. The molecule has 0 unspecified atom stereocenters. The smallest absolute Gasteiger partial charge is 0.234 e. The van der Waals surface area contributed by atoms with E-state index in [1.165, 1.54) is 0 Å². The molecule has 1 fully saturated rings. The van der Waals surface area contributed by atoms with Gasteiger partial charge in [-0.1, -0.05) is 18.2 Å². The Balaban J connectivity index is 1.53. The van der Waals surface area contributed by atoms with Gasteiger partial charge in [0.2, 0.25) is 11.8 Å². The minimum Gasteiger partial charge on any atom is -0.355 e. The van der Waals surface area contributed by atoms with Gasteiger partial charge < -0.3 is 10.2 Å². The van der Waals surface area contributed by atoms with E-state index >= 15 is 0 Å². The summed E-state index contributed by atoms with van der Waals surface area (Å²) >= 11 is 0. The standard InChI is InChI=1S/C19H24N4O2/c1-2-20-18(24)14-22-7-9-23(10-8-22)19(25)12-15-11-16-5-3-4-6-17(16)21-13-15/h3-6,11,13H,2,7-10,12,14H2,1H3,(H,20,24). The van der Waals surface area contributed by atoms with Crippen LogP contribution < -0.4 is 5.32 Å². The maximum atomic E-state index is 12.5. The second-order valence-electron chi connectivity index (χ2n) is 6.32. The van der Waals surface area contributed by atoms with Crippen LogP contribution in [0, 0.1) is 0 Å². The van der Waals surface area contributed by atoms with Gasteiger partial charge in [-0.25, -0.2) is 0 Å². The number of pyridine rings is 1. The summed E-state index contributed by atoms with van der Waals surface area (Å²) in [5, 5.41) is 3.86. The number of carbonyl (C=O) groups is 2. The molecule has 0 aliphatic carbocycles. The van der Waals surface area contributed by atoms with E-state index in [-0.39, 0.29) is 11.8 Å². The molecule has 2 amide bonds. The van der Waals surface area contributed by atoms with E-state index in [0.717, 1.165) is 29.6 Å². The van der Waals surface area contributed by atoms with Crippen LogP contribution in [-0.4, -0.2) is 65.9 Å². The number of nitrogens with one attached hydrogen (secondary N) is 1. The number of amides is 2. The van der Waals surface area contributed by atoms with E-state index in [9.17, 15) is 9.59 Å². The van der Waals surface area contributed by atoms with Gasteiger partial charge in [-0.05, 0) is 24.6 Å². The van der Waals surface area contributed by atoms with Crippen LogP contribution in [0.2, 0.25) is 0 Å². The molecule has 1 aliphatic heterocycles. The average Bonchev–Trinajstić information content (AvgIpc) is 2.62. The average molecular weight is 340 g/mol. The fourth-order valence-electron chi connectivity index (χ4n) is 3.11. The first-order valence-electron chi connectivity index (χ1n) is 8.76. The number of rotatable bonds is 5. The third-order valence-electron chi connectivity index (χ3n) is 4.47. The van der Waals surface area contributed by atoms with Crippen molar-refractivity contribution in [3.63, 3.8) is 0 Å². The molecule has 2 aromatic rings. The first kappa shape index (κ1) is 17.4. The van der Waals surface area contributed by atoms with E-state index in [2.05, 4.69) is 15.2 Å². The molecule has 25 heavy (non-hydrogen) atoms. The van der Waals surface area contributed by atoms with Crippen LogP contribution in [0.5, 0.6) is 0 Å². The van der Waals surface area contributed by atoms with E-state index < -0.39 is 0 Å². The summed E-state index contributed by atoms with van der Waals surface area (Å²) in [6, 6.07) is 9.95. The Kier molecular flexibility index (Phi) is 5.60. The summed E-state index contributed by atoms with van der Waals surface area (Å²) in [5.41, 5.74) is 1.88. The number of piperazine rings is 1. The van der Waals surface area contributed by atoms with Gasteiger partial charge in [0, 0.05) is 44.3 Å². The molecule has 1 aliphatic rings. The van der Waals surface area contributed by atoms with Crippen LogP contribution in [0.4, 0.5) is 0 Å². The lowest BCUT2D eigenvalue weighted by Crippen LogP contribution is -2.51. The summed E-state index contributed by atoms with van der Waals surface area (Å²) in [7, 11) is 0. The molecule has 6 nitrogen and oxygen atoms in total. The van der Waals surface area contributed by atoms with E-state index in [1.54, 1.807) is 6.20 Å². The SMILES string of the molecule is CCNC(=O)CN1CCN(C(=O)Cc2cnc3ccccc3c2)CC1. The summed E-state index contributed by atoms with van der Waals surface area (Å²) in [6.07, 6.45) is 2.15. The molecular formula is C19H24N4O2. The Morgan fingerprint density at radius 2 is 1.92 bits per heavy atom. The first-order valence-corrected chi connectivity index (χ1v) is 8.76. The highest BCUT2D eigenvalue weighted by molar-refractivity contribution is 5.83. The minimum atomic E-state index is 0.0458. The van der Waals surface area contributed by atoms with Crippen molar-refractivity contribution in [2.45, 2.75) is 13.3 Å². The molecule has 132 valence electrons. The highest BCUT2D eigenvalue weighted by atomic mass is 16.2. The van der Waals surface area contributed by atoms with Gasteiger partial charge in [0.15, 0.2) is 0 Å². The summed E-state index contributed by atoms with van der Waals surface area (Å²) in [6.45, 7) is 5.77. The summed E-state index contributed by atoms with van der Waals surface area (Å²) < 4.78 is 0. The number of benzene rings is 1. The zero-order valence-electron chi connectivity index (χ0n) is 14.6. The summed E-state index contributed by atoms with van der Waals surface area (Å²) in [4.78, 5) is 32.6. The van der Waals surface area contributed by atoms with Crippen LogP contribution in [0.25, 0.3) is 10.9 Å². The fraction of sp³-hybridized carbons (Fsp3) is 0.421. The molecule has 1 saturated heterocycles. The third kappa shape index (κ3) is 4.54. The maximum absolute atomic E-state index is 12.5. The molecule has 1 aromatic heterocycles. The van der Waals surface area contributed by atoms with Crippen molar-refractivity contribution in [1.29, 1.82) is 0 Å². The van der Waals surface area contributed by atoms with Crippen LogP contribution in [-0.2, 0) is 16.0 Å². The molecule has 0 spiro atoms. The summed E-state index contributed by atoms with van der Waals surface area (Å²) in [5.74, 6) is 0.166. The quantitative estimate of drug-likeness (QED) is 0.884. The first-order chi connectivity index (χ1) is 12.2. The Bertz CT molecular complexity index is 754. The Labute approximate surface area is 147 Å². The van der Waals surface area contributed by atoms with Gasteiger partial charge in [-0.2, -0.15) is 0 Å². The molecule has 0 saturated carbocycles. The Morgan fingerprint density at radius 3 is 2.68 bits per heavy atom. The van der Waals surface area contributed by atoms with Gasteiger partial charge in [-0.3, -0.25) is 19.5 Å². The number of carbonyl (C=O) groups excluding carboxylic acids is 2. The topological polar surface area (TPSA) is 65.5 Å². The van der Waals surface area contributed by atoms with E-state index in [4.69, 9.17) is 0 Å². The lowest BCUT2D eigenvalue weighted by atomic mass is 10.1. The Morgan fingerprint density at radius 1 is 1.16 bits per heavy atom. The highest BCUT2D eigenvalue weighted by Crippen LogP contribution is 2.14. The number of nitrogens with zero attached hydrogens (tertiary/aromatic N) is 3. The van der Waals surface area contributed by atoms with Crippen molar-refractivity contribution in [2.75, 3.05) is 39.3 Å². The molecule has 6 heteroatoms.